The average molecular weight is 382 g/mol. The van der Waals surface area contributed by atoms with E-state index < -0.39 is 6.10 Å². The number of hydrogen-bond acceptors (Lipinski definition) is 3. The van der Waals surface area contributed by atoms with Crippen LogP contribution in [0.15, 0.2) is 54.9 Å². The van der Waals surface area contributed by atoms with Gasteiger partial charge in [0.2, 0.25) is 0 Å². The van der Waals surface area contributed by atoms with Crippen LogP contribution in [0.2, 0.25) is 0 Å². The van der Waals surface area contributed by atoms with Crippen LogP contribution in [0.3, 0.4) is 0 Å². The maximum Gasteiger partial charge on any atom is 0.172 e. The number of fused-ring (bicyclic) bond motifs is 1. The van der Waals surface area contributed by atoms with Crippen LogP contribution in [0.4, 0.5) is 0 Å². The summed E-state index contributed by atoms with van der Waals surface area (Å²) in [7, 11) is 0. The van der Waals surface area contributed by atoms with Crippen molar-refractivity contribution in [1.29, 1.82) is 0 Å². The Morgan fingerprint density at radius 2 is 1.69 bits per heavy atom. The zero-order chi connectivity index (χ0) is 19.7. The number of rotatable bonds is 2. The van der Waals surface area contributed by atoms with Crippen LogP contribution in [0, 0.1) is 0 Å². The van der Waals surface area contributed by atoms with E-state index in [4.69, 9.17) is 0 Å². The number of carbonyl (C=O) groups is 2. The lowest BCUT2D eigenvalue weighted by atomic mass is 9.94. The van der Waals surface area contributed by atoms with Crippen molar-refractivity contribution in [2.24, 2.45) is 0 Å². The summed E-state index contributed by atoms with van der Waals surface area (Å²) in [4.78, 5) is 29.1. The first-order valence-corrected chi connectivity index (χ1v) is 9.81. The topological polar surface area (TPSA) is 75.1 Å². The lowest BCUT2D eigenvalue weighted by Crippen LogP contribution is -2.11. The van der Waals surface area contributed by atoms with E-state index in [1.165, 1.54) is 0 Å². The van der Waals surface area contributed by atoms with Crippen molar-refractivity contribution in [3.8, 4) is 0 Å². The molecule has 142 valence electrons. The monoisotopic (exact) mass is 382 g/mol. The Morgan fingerprint density at radius 3 is 2.55 bits per heavy atom. The summed E-state index contributed by atoms with van der Waals surface area (Å²) in [5.41, 5.74) is 5.33. The summed E-state index contributed by atoms with van der Waals surface area (Å²) in [6.45, 7) is 0.687. The largest absolute Gasteiger partial charge is 0.388 e. The molecule has 5 heteroatoms. The number of aryl methyl sites for hydroxylation is 1. The number of aliphatic hydroxyl groups is 1. The van der Waals surface area contributed by atoms with Crippen LogP contribution in [0.1, 0.15) is 35.6 Å². The Bertz CT molecular complexity index is 1390. The highest BCUT2D eigenvalue weighted by Gasteiger charge is 2.35. The molecule has 2 aromatic carbocycles. The van der Waals surface area contributed by atoms with Gasteiger partial charge in [-0.1, -0.05) is 36.4 Å². The Balaban J connectivity index is 1.69. The molecule has 0 radical (unpaired) electrons. The van der Waals surface area contributed by atoms with Crippen molar-refractivity contribution in [2.45, 2.75) is 25.5 Å². The number of aromatic amines is 1. The van der Waals surface area contributed by atoms with Gasteiger partial charge in [-0.05, 0) is 12.5 Å². The predicted molar refractivity (Wildman–Crippen MR) is 111 cm³/mol. The van der Waals surface area contributed by atoms with E-state index in [9.17, 15) is 14.7 Å². The van der Waals surface area contributed by atoms with Gasteiger partial charge in [0.15, 0.2) is 11.6 Å². The summed E-state index contributed by atoms with van der Waals surface area (Å²) in [5, 5.41) is 12.3. The fourth-order valence-corrected chi connectivity index (χ4v) is 4.90. The predicted octanol–water partition coefficient (Wildman–Crippen LogP) is 4.01. The average Bonchev–Trinajstić information content (AvgIpc) is 3.38. The Hall–Kier alpha value is -3.44. The number of H-pyrrole nitrogens is 1. The third-order valence-electron chi connectivity index (χ3n) is 6.19. The Morgan fingerprint density at radius 1 is 0.931 bits per heavy atom. The molecule has 2 aliphatic rings. The number of allylic oxidation sites excluding steroid dienone is 2. The van der Waals surface area contributed by atoms with Crippen LogP contribution in [-0.4, -0.2) is 26.2 Å². The van der Waals surface area contributed by atoms with E-state index in [1.54, 1.807) is 0 Å². The number of aromatic nitrogens is 2. The first-order chi connectivity index (χ1) is 14.1. The quantitative estimate of drug-likeness (QED) is 0.514. The van der Waals surface area contributed by atoms with E-state index in [-0.39, 0.29) is 18.0 Å². The van der Waals surface area contributed by atoms with Crippen molar-refractivity contribution >= 4 is 44.5 Å². The number of carbonyl (C=O) groups excluding carboxylic acids is 2. The standard InChI is InChI=1S/C24H18N2O3/c27-19-8-9-26-12-17(14-5-3-6-15(19)24(14)26)23-21(29)10-20(28)22(23)16-11-25-18-7-2-1-4-13(16)18/h1-7,11-12,19,25,27H,8-10H2. The molecular weight excluding hydrogens is 364 g/mol. The van der Waals surface area contributed by atoms with E-state index in [0.717, 1.165) is 38.5 Å². The minimum atomic E-state index is -0.503. The molecule has 1 unspecified atom stereocenters. The maximum atomic E-state index is 13.0. The van der Waals surface area contributed by atoms with Crippen LogP contribution < -0.4 is 0 Å². The number of para-hydroxylation sites is 2. The zero-order valence-electron chi connectivity index (χ0n) is 15.6. The molecule has 0 fully saturated rings. The molecule has 1 atom stereocenters. The number of benzene rings is 2. The number of hydrogen-bond donors (Lipinski definition) is 2. The molecule has 0 amide bonds. The fourth-order valence-electron chi connectivity index (χ4n) is 4.90. The lowest BCUT2D eigenvalue weighted by molar-refractivity contribution is -0.119. The fraction of sp³-hybridized carbons (Fsp3) is 0.167. The molecule has 6 rings (SSSR count). The number of nitrogens with zero attached hydrogens (tertiary/aromatic N) is 1. The summed E-state index contributed by atoms with van der Waals surface area (Å²) in [5.74, 6) is -0.277. The molecule has 1 aliphatic carbocycles. The highest BCUT2D eigenvalue weighted by molar-refractivity contribution is 6.52. The van der Waals surface area contributed by atoms with Crippen LogP contribution in [0.5, 0.6) is 0 Å². The Labute approximate surface area is 166 Å². The van der Waals surface area contributed by atoms with E-state index in [2.05, 4.69) is 9.55 Å². The summed E-state index contributed by atoms with van der Waals surface area (Å²) < 4.78 is 2.10. The first kappa shape index (κ1) is 16.5. The molecule has 1 aliphatic heterocycles. The smallest absolute Gasteiger partial charge is 0.172 e. The molecule has 4 aromatic rings. The van der Waals surface area contributed by atoms with Gasteiger partial charge in [0.25, 0.3) is 0 Å². The van der Waals surface area contributed by atoms with Crippen molar-refractivity contribution in [1.82, 2.24) is 9.55 Å². The van der Waals surface area contributed by atoms with Gasteiger partial charge >= 0.3 is 0 Å². The molecule has 0 bridgehead atoms. The van der Waals surface area contributed by atoms with Gasteiger partial charge in [0.1, 0.15) is 0 Å². The number of aliphatic hydroxyl groups excluding tert-OH is 1. The second kappa shape index (κ2) is 5.78. The van der Waals surface area contributed by atoms with Gasteiger partial charge in [-0.25, -0.2) is 0 Å². The van der Waals surface area contributed by atoms with E-state index in [1.807, 2.05) is 54.9 Å². The third kappa shape index (κ3) is 2.19. The highest BCUT2D eigenvalue weighted by Crippen LogP contribution is 2.43. The second-order valence-electron chi connectivity index (χ2n) is 7.81. The zero-order valence-corrected chi connectivity index (χ0v) is 15.6. The molecule has 3 heterocycles. The van der Waals surface area contributed by atoms with Gasteiger partial charge in [-0.15, -0.1) is 0 Å². The molecule has 2 aromatic heterocycles. The van der Waals surface area contributed by atoms with Crippen LogP contribution in [0.25, 0.3) is 33.0 Å². The van der Waals surface area contributed by atoms with E-state index >= 15 is 0 Å². The van der Waals surface area contributed by atoms with Gasteiger partial charge < -0.3 is 14.7 Å². The van der Waals surface area contributed by atoms with Crippen molar-refractivity contribution in [2.75, 3.05) is 0 Å². The van der Waals surface area contributed by atoms with Gasteiger partial charge in [-0.2, -0.15) is 0 Å². The Kier molecular flexibility index (Phi) is 3.29. The van der Waals surface area contributed by atoms with Gasteiger partial charge in [0, 0.05) is 63.1 Å². The molecule has 5 nitrogen and oxygen atoms in total. The van der Waals surface area contributed by atoms with Gasteiger partial charge in [0.05, 0.1) is 18.0 Å². The summed E-state index contributed by atoms with van der Waals surface area (Å²) in [6.07, 6.45) is 3.83. The number of ketones is 2. The maximum absolute atomic E-state index is 13.0. The lowest BCUT2D eigenvalue weighted by Gasteiger charge is -2.20. The van der Waals surface area contributed by atoms with Crippen molar-refractivity contribution in [3.63, 3.8) is 0 Å². The van der Waals surface area contributed by atoms with Gasteiger partial charge in [-0.3, -0.25) is 9.59 Å². The van der Waals surface area contributed by atoms with Crippen molar-refractivity contribution < 1.29 is 14.7 Å². The molecule has 2 N–H and O–H groups in total. The van der Waals surface area contributed by atoms with Crippen molar-refractivity contribution in [3.05, 3.63) is 71.5 Å². The molecular formula is C24H18N2O3. The number of Topliss-reactive ketones (excluding diaryl/α,β-unsaturated/α-hetero) is 2. The first-order valence-electron chi connectivity index (χ1n) is 9.81. The summed E-state index contributed by atoms with van der Waals surface area (Å²) in [6, 6.07) is 13.6. The minimum absolute atomic E-state index is 0.0981. The highest BCUT2D eigenvalue weighted by atomic mass is 16.3. The minimum Gasteiger partial charge on any atom is -0.388 e. The van der Waals surface area contributed by atoms with Crippen LogP contribution in [-0.2, 0) is 16.1 Å². The second-order valence-corrected chi connectivity index (χ2v) is 7.81. The van der Waals surface area contributed by atoms with Crippen LogP contribution >= 0.6 is 0 Å². The molecule has 0 saturated carbocycles. The number of nitrogens with one attached hydrogen (secondary N) is 1. The molecule has 0 spiro atoms. The van der Waals surface area contributed by atoms with E-state index in [0.29, 0.717) is 24.1 Å². The SMILES string of the molecule is O=C1CC(=O)C(c2cn3c4c(cccc24)C(O)CC3)=C1c1c[nH]c2ccccc12. The molecule has 0 saturated heterocycles. The normalized spacial score (nSPS) is 19.1. The third-order valence-corrected chi connectivity index (χ3v) is 6.19. The summed E-state index contributed by atoms with van der Waals surface area (Å²) >= 11 is 0. The molecule has 29 heavy (non-hydrogen) atoms.